The molecule has 5 heteroatoms. The molecule has 0 fully saturated rings. The van der Waals surface area contributed by atoms with Gasteiger partial charge in [-0.1, -0.05) is 48.5 Å². The van der Waals surface area contributed by atoms with E-state index < -0.39 is 17.9 Å². The number of aliphatic carboxylic acids is 2. The lowest BCUT2D eigenvalue weighted by molar-refractivity contribution is -0.143. The van der Waals surface area contributed by atoms with Crippen molar-refractivity contribution in [3.63, 3.8) is 0 Å². The van der Waals surface area contributed by atoms with Crippen LogP contribution in [0, 0.1) is 5.92 Å². The molecule has 2 aromatic carbocycles. The number of carbonyl (C=O) groups is 2. The molecule has 2 rings (SSSR count). The number of rotatable bonds is 9. The Kier molecular flexibility index (Phi) is 6.88. The molecule has 2 unspecified atom stereocenters. The molecule has 0 saturated carbocycles. The smallest absolute Gasteiger partial charge is 0.306 e. The summed E-state index contributed by atoms with van der Waals surface area (Å²) in [6.45, 7) is 0. The third-order valence-corrected chi connectivity index (χ3v) is 5.04. The predicted octanol–water partition coefficient (Wildman–Crippen LogP) is 4.48. The molecule has 126 valence electrons. The highest BCUT2D eigenvalue weighted by molar-refractivity contribution is 7.99. The topological polar surface area (TPSA) is 74.6 Å². The zero-order chi connectivity index (χ0) is 17.4. The van der Waals surface area contributed by atoms with E-state index in [2.05, 4.69) is 0 Å². The minimum atomic E-state index is -0.965. The maximum atomic E-state index is 11.5. The minimum absolute atomic E-state index is 0.0384. The maximum Gasteiger partial charge on any atom is 0.306 e. The van der Waals surface area contributed by atoms with E-state index in [-0.39, 0.29) is 18.1 Å². The Morgan fingerprint density at radius 1 is 0.917 bits per heavy atom. The summed E-state index contributed by atoms with van der Waals surface area (Å²) >= 11 is 1.61. The number of benzene rings is 2. The molecule has 0 aliphatic heterocycles. The van der Waals surface area contributed by atoms with Crippen molar-refractivity contribution in [1.29, 1.82) is 0 Å². The van der Waals surface area contributed by atoms with E-state index >= 15 is 0 Å². The SMILES string of the molecule is O=C(O)CCC(CC(Sc1ccccc1)c1ccccc1)C(=O)O. The number of thioether (sulfide) groups is 1. The summed E-state index contributed by atoms with van der Waals surface area (Å²) in [6, 6.07) is 19.6. The lowest BCUT2D eigenvalue weighted by Crippen LogP contribution is -2.17. The van der Waals surface area contributed by atoms with Crippen LogP contribution in [0.15, 0.2) is 65.6 Å². The molecule has 24 heavy (non-hydrogen) atoms. The first-order chi connectivity index (χ1) is 11.6. The van der Waals surface area contributed by atoms with Gasteiger partial charge in [-0.2, -0.15) is 0 Å². The first-order valence-electron chi connectivity index (χ1n) is 7.77. The molecule has 4 nitrogen and oxygen atoms in total. The van der Waals surface area contributed by atoms with Crippen molar-refractivity contribution < 1.29 is 19.8 Å². The summed E-state index contributed by atoms with van der Waals surface area (Å²) in [6.07, 6.45) is 0.407. The molecule has 0 aliphatic rings. The van der Waals surface area contributed by atoms with Gasteiger partial charge in [-0.25, -0.2) is 0 Å². The molecule has 0 heterocycles. The standard InChI is InChI=1S/C19H20O4S/c20-18(21)12-11-15(19(22)23)13-17(14-7-3-1-4-8-14)24-16-9-5-2-6-10-16/h1-10,15,17H,11-13H2,(H,20,21)(H,22,23). The second-order valence-electron chi connectivity index (χ2n) is 5.53. The Labute approximate surface area is 145 Å². The van der Waals surface area contributed by atoms with E-state index in [1.165, 1.54) is 0 Å². The van der Waals surface area contributed by atoms with Gasteiger partial charge in [0, 0.05) is 16.6 Å². The molecule has 0 saturated heterocycles. The number of carboxylic acids is 2. The van der Waals surface area contributed by atoms with Gasteiger partial charge in [0.25, 0.3) is 0 Å². The van der Waals surface area contributed by atoms with Crippen molar-refractivity contribution in [2.45, 2.75) is 29.4 Å². The van der Waals surface area contributed by atoms with Crippen molar-refractivity contribution in [3.8, 4) is 0 Å². The van der Waals surface area contributed by atoms with Gasteiger partial charge < -0.3 is 10.2 Å². The van der Waals surface area contributed by atoms with Gasteiger partial charge in [0.2, 0.25) is 0 Å². The highest BCUT2D eigenvalue weighted by Crippen LogP contribution is 2.40. The van der Waals surface area contributed by atoms with Gasteiger partial charge in [0.15, 0.2) is 0 Å². The van der Waals surface area contributed by atoms with Gasteiger partial charge in [-0.05, 0) is 30.5 Å². The summed E-state index contributed by atoms with van der Waals surface area (Å²) in [5.74, 6) is -2.58. The molecular weight excluding hydrogens is 324 g/mol. The van der Waals surface area contributed by atoms with Crippen molar-refractivity contribution in [3.05, 3.63) is 66.2 Å². The van der Waals surface area contributed by atoms with E-state index in [9.17, 15) is 14.7 Å². The second-order valence-corrected chi connectivity index (χ2v) is 6.81. The summed E-state index contributed by atoms with van der Waals surface area (Å²) in [5.41, 5.74) is 1.05. The fourth-order valence-electron chi connectivity index (χ4n) is 2.48. The summed E-state index contributed by atoms with van der Waals surface area (Å²) < 4.78 is 0. The van der Waals surface area contributed by atoms with Gasteiger partial charge in [-0.15, -0.1) is 11.8 Å². The zero-order valence-corrected chi connectivity index (χ0v) is 14.0. The lowest BCUT2D eigenvalue weighted by atomic mass is 9.95. The Bertz CT molecular complexity index is 658. The van der Waals surface area contributed by atoms with E-state index in [1.807, 2.05) is 60.7 Å². The molecule has 0 aromatic heterocycles. The van der Waals surface area contributed by atoms with Crippen LogP contribution in [0.25, 0.3) is 0 Å². The summed E-state index contributed by atoms with van der Waals surface area (Å²) in [4.78, 5) is 23.4. The van der Waals surface area contributed by atoms with Crippen molar-refractivity contribution in [2.24, 2.45) is 5.92 Å². The average Bonchev–Trinajstić information content (AvgIpc) is 2.58. The Balaban J connectivity index is 2.18. The lowest BCUT2D eigenvalue weighted by Gasteiger charge is -2.21. The van der Waals surface area contributed by atoms with Crippen LogP contribution in [0.2, 0.25) is 0 Å². The van der Waals surface area contributed by atoms with Gasteiger partial charge in [0.1, 0.15) is 0 Å². The second kappa shape index (κ2) is 9.13. The van der Waals surface area contributed by atoms with Crippen LogP contribution in [0.5, 0.6) is 0 Å². The third-order valence-electron chi connectivity index (χ3n) is 3.75. The van der Waals surface area contributed by atoms with E-state index in [4.69, 9.17) is 5.11 Å². The molecular formula is C19H20O4S. The quantitative estimate of drug-likeness (QED) is 0.656. The van der Waals surface area contributed by atoms with Crippen molar-refractivity contribution >= 4 is 23.7 Å². The molecule has 0 bridgehead atoms. The summed E-state index contributed by atoms with van der Waals surface area (Å²) in [5, 5.41) is 18.2. The monoisotopic (exact) mass is 344 g/mol. The fourth-order valence-corrected chi connectivity index (χ4v) is 3.75. The normalized spacial score (nSPS) is 13.2. The first kappa shape index (κ1) is 18.1. The minimum Gasteiger partial charge on any atom is -0.481 e. The van der Waals surface area contributed by atoms with E-state index in [0.29, 0.717) is 6.42 Å². The number of carboxylic acid groups (broad SMARTS) is 2. The largest absolute Gasteiger partial charge is 0.481 e. The maximum absolute atomic E-state index is 11.5. The number of hydrogen-bond donors (Lipinski definition) is 2. The van der Waals surface area contributed by atoms with Crippen LogP contribution in [0.4, 0.5) is 0 Å². The number of hydrogen-bond acceptors (Lipinski definition) is 3. The predicted molar refractivity (Wildman–Crippen MR) is 94.1 cm³/mol. The average molecular weight is 344 g/mol. The van der Waals surface area contributed by atoms with Crippen molar-refractivity contribution in [2.75, 3.05) is 0 Å². The van der Waals surface area contributed by atoms with Crippen LogP contribution in [0.1, 0.15) is 30.1 Å². The first-order valence-corrected chi connectivity index (χ1v) is 8.65. The molecule has 2 N–H and O–H groups in total. The van der Waals surface area contributed by atoms with E-state index in [0.717, 1.165) is 10.5 Å². The fraction of sp³-hybridized carbons (Fsp3) is 0.263. The zero-order valence-electron chi connectivity index (χ0n) is 13.2. The van der Waals surface area contributed by atoms with Crippen molar-refractivity contribution in [1.82, 2.24) is 0 Å². The Hall–Kier alpha value is -2.27. The van der Waals surface area contributed by atoms with Gasteiger partial charge in [0.05, 0.1) is 5.92 Å². The highest BCUT2D eigenvalue weighted by atomic mass is 32.2. The molecule has 0 amide bonds. The van der Waals surface area contributed by atoms with Gasteiger partial charge in [-0.3, -0.25) is 9.59 Å². The van der Waals surface area contributed by atoms with Crippen LogP contribution in [-0.2, 0) is 9.59 Å². The van der Waals surface area contributed by atoms with Gasteiger partial charge >= 0.3 is 11.9 Å². The van der Waals surface area contributed by atoms with Crippen LogP contribution >= 0.6 is 11.8 Å². The van der Waals surface area contributed by atoms with Crippen LogP contribution in [-0.4, -0.2) is 22.2 Å². The molecule has 0 radical (unpaired) electrons. The Morgan fingerprint density at radius 3 is 2.04 bits per heavy atom. The van der Waals surface area contributed by atoms with Crippen LogP contribution < -0.4 is 0 Å². The molecule has 2 aromatic rings. The highest BCUT2D eigenvalue weighted by Gasteiger charge is 2.25. The molecule has 0 aliphatic carbocycles. The summed E-state index contributed by atoms with van der Waals surface area (Å²) in [7, 11) is 0. The van der Waals surface area contributed by atoms with E-state index in [1.54, 1.807) is 11.8 Å². The molecule has 0 spiro atoms. The molecule has 2 atom stereocenters. The third kappa shape index (κ3) is 5.74. The van der Waals surface area contributed by atoms with Crippen LogP contribution in [0.3, 0.4) is 0 Å². The Morgan fingerprint density at radius 2 is 1.50 bits per heavy atom.